The van der Waals surface area contributed by atoms with Crippen molar-refractivity contribution in [1.82, 2.24) is 9.55 Å². The normalized spacial score (nSPS) is 29.3. The third kappa shape index (κ3) is 3.82. The number of benzene rings is 1. The minimum atomic E-state index is -3.93. The minimum absolute atomic E-state index is 0.0613. The maximum Gasteiger partial charge on any atom is 0.530 e. The molecule has 1 saturated heterocycles. The number of halogens is 1. The summed E-state index contributed by atoms with van der Waals surface area (Å²) in [6, 6.07) is 6.99. The Morgan fingerprint density at radius 3 is 2.93 bits per heavy atom. The van der Waals surface area contributed by atoms with Crippen molar-refractivity contribution in [3.05, 3.63) is 60.4 Å². The number of hydrogen-bond acceptors (Lipinski definition) is 8. The van der Waals surface area contributed by atoms with E-state index in [-0.39, 0.29) is 13.0 Å². The molecule has 150 valence electrons. The predicted molar refractivity (Wildman–Crippen MR) is 104 cm³/mol. The molecule has 0 radical (unpaired) electrons. The lowest BCUT2D eigenvalue weighted by Crippen LogP contribution is -2.33. The van der Waals surface area contributed by atoms with Gasteiger partial charge >= 0.3 is 13.5 Å². The lowest BCUT2D eigenvalue weighted by Gasteiger charge is -2.27. The van der Waals surface area contributed by atoms with E-state index in [2.05, 4.69) is 4.98 Å². The Morgan fingerprint density at radius 2 is 2.14 bits per heavy atom. The van der Waals surface area contributed by atoms with Gasteiger partial charge in [-0.3, -0.25) is 23.4 Å². The number of hydrogen-bond donors (Lipinski definition) is 2. The number of aromatic amines is 1. The van der Waals surface area contributed by atoms with Crippen LogP contribution in [-0.4, -0.2) is 33.5 Å². The molecule has 12 heteroatoms. The Hall–Kier alpha value is -1.50. The number of aliphatic hydroxyl groups is 1. The van der Waals surface area contributed by atoms with Gasteiger partial charge in [0.25, 0.3) is 5.56 Å². The Labute approximate surface area is 172 Å². The quantitative estimate of drug-likeness (QED) is 0.457. The number of nitrogens with one attached hydrogen (secondary N) is 1. The third-order valence-electron chi connectivity index (χ3n) is 4.42. The monoisotopic (exact) mass is 522 g/mol. The molecule has 4 rings (SSSR count). The molecule has 0 aliphatic carbocycles. The van der Waals surface area contributed by atoms with Gasteiger partial charge in [-0.25, -0.2) is 9.36 Å². The molecule has 2 aromatic rings. The maximum absolute atomic E-state index is 12.9. The lowest BCUT2D eigenvalue weighted by molar-refractivity contribution is -0.0467. The Morgan fingerprint density at radius 1 is 1.36 bits per heavy atom. The SMILES string of the molecule is O=c1[nH]c(=O)n([C@H]2C[C@H](O[P@]3(=O)OCc4ccccc4O3)[C@@H](CO)O2)cc1I. The molecule has 1 aromatic heterocycles. The molecule has 3 heterocycles. The topological polar surface area (TPSA) is 129 Å². The van der Waals surface area contributed by atoms with Crippen molar-refractivity contribution in [2.45, 2.75) is 31.5 Å². The van der Waals surface area contributed by atoms with E-state index in [4.69, 9.17) is 18.3 Å². The van der Waals surface area contributed by atoms with E-state index < -0.39 is 44.1 Å². The number of fused-ring (bicyclic) bond motifs is 1. The predicted octanol–water partition coefficient (Wildman–Crippen LogP) is 1.52. The molecule has 2 N–H and O–H groups in total. The van der Waals surface area contributed by atoms with Crippen LogP contribution in [0.25, 0.3) is 0 Å². The fourth-order valence-electron chi connectivity index (χ4n) is 3.05. The van der Waals surface area contributed by atoms with Gasteiger partial charge in [-0.1, -0.05) is 18.2 Å². The van der Waals surface area contributed by atoms with E-state index in [1.54, 1.807) is 40.8 Å². The summed E-state index contributed by atoms with van der Waals surface area (Å²) < 4.78 is 36.4. The number of nitrogens with zero attached hydrogens (tertiary/aromatic N) is 1. The van der Waals surface area contributed by atoms with E-state index in [1.165, 1.54) is 10.8 Å². The smallest absolute Gasteiger partial charge is 0.404 e. The van der Waals surface area contributed by atoms with Crippen molar-refractivity contribution in [3.8, 4) is 5.75 Å². The molecule has 4 atom stereocenters. The van der Waals surface area contributed by atoms with Crippen LogP contribution in [0, 0.1) is 3.57 Å². The first-order valence-corrected chi connectivity index (χ1v) is 10.9. The first-order chi connectivity index (χ1) is 13.4. The summed E-state index contributed by atoms with van der Waals surface area (Å²) in [4.78, 5) is 25.8. The Balaban J connectivity index is 1.54. The Bertz CT molecular complexity index is 1050. The van der Waals surface area contributed by atoms with E-state index in [1.807, 2.05) is 6.07 Å². The molecule has 2 aliphatic rings. The second-order valence-electron chi connectivity index (χ2n) is 6.25. The van der Waals surface area contributed by atoms with Crippen LogP contribution in [-0.2, 0) is 25.0 Å². The summed E-state index contributed by atoms with van der Waals surface area (Å²) in [6.07, 6.45) is -1.05. The van der Waals surface area contributed by atoms with Gasteiger partial charge in [0.15, 0.2) is 0 Å². The summed E-state index contributed by atoms with van der Waals surface area (Å²) in [5.74, 6) is 0.402. The van der Waals surface area contributed by atoms with Crippen LogP contribution >= 0.6 is 30.4 Å². The van der Waals surface area contributed by atoms with Crippen LogP contribution in [0.5, 0.6) is 5.75 Å². The number of H-pyrrole nitrogens is 1. The van der Waals surface area contributed by atoms with Gasteiger partial charge in [0.1, 0.15) is 24.2 Å². The molecule has 0 bridgehead atoms. The number of para-hydroxylation sites is 1. The highest BCUT2D eigenvalue weighted by Gasteiger charge is 2.45. The number of phosphoric ester groups is 1. The zero-order valence-corrected chi connectivity index (χ0v) is 17.4. The average molecular weight is 522 g/mol. The van der Waals surface area contributed by atoms with Crippen molar-refractivity contribution in [3.63, 3.8) is 0 Å². The van der Waals surface area contributed by atoms with Crippen molar-refractivity contribution in [2.75, 3.05) is 6.61 Å². The molecule has 0 amide bonds. The molecular formula is C16H16IN2O8P. The van der Waals surface area contributed by atoms with E-state index in [9.17, 15) is 19.3 Å². The zero-order valence-electron chi connectivity index (χ0n) is 14.3. The van der Waals surface area contributed by atoms with Crippen LogP contribution < -0.4 is 15.8 Å². The first-order valence-electron chi connectivity index (χ1n) is 8.36. The summed E-state index contributed by atoms with van der Waals surface area (Å²) in [6.45, 7) is -0.362. The second kappa shape index (κ2) is 7.73. The number of rotatable bonds is 4. The standard InChI is InChI=1S/C16H16IN2O8P/c17-10-6-19(16(22)18-15(10)21)14-5-12(13(7-20)25-14)27-28(23)24-8-9-3-1-2-4-11(9)26-28/h1-4,6,12-14,20H,5,7-8H2,(H,18,21,22)/t12-,13+,14+,28+/m0/s1. The zero-order chi connectivity index (χ0) is 19.9. The van der Waals surface area contributed by atoms with Gasteiger partial charge in [0.2, 0.25) is 0 Å². The number of ether oxygens (including phenoxy) is 1. The van der Waals surface area contributed by atoms with Crippen molar-refractivity contribution in [1.29, 1.82) is 0 Å². The molecule has 28 heavy (non-hydrogen) atoms. The lowest BCUT2D eigenvalue weighted by atomic mass is 10.2. The number of aliphatic hydroxyl groups excluding tert-OH is 1. The van der Waals surface area contributed by atoms with E-state index in [0.29, 0.717) is 9.32 Å². The largest absolute Gasteiger partial charge is 0.530 e. The molecule has 0 unspecified atom stereocenters. The first kappa shape index (κ1) is 19.8. The molecular weight excluding hydrogens is 506 g/mol. The Kier molecular flexibility index (Phi) is 5.47. The van der Waals surface area contributed by atoms with Crippen LogP contribution in [0.2, 0.25) is 0 Å². The summed E-state index contributed by atoms with van der Waals surface area (Å²) >= 11 is 1.80. The highest BCUT2D eigenvalue weighted by atomic mass is 127. The molecule has 1 fully saturated rings. The third-order valence-corrected chi connectivity index (χ3v) is 6.58. The highest BCUT2D eigenvalue weighted by Crippen LogP contribution is 2.56. The van der Waals surface area contributed by atoms with Crippen molar-refractivity contribution >= 4 is 30.4 Å². The van der Waals surface area contributed by atoms with Gasteiger partial charge in [-0.2, -0.15) is 0 Å². The van der Waals surface area contributed by atoms with E-state index in [0.717, 1.165) is 5.56 Å². The average Bonchev–Trinajstić information content (AvgIpc) is 3.06. The fraction of sp³-hybridized carbons (Fsp3) is 0.375. The maximum atomic E-state index is 12.9. The van der Waals surface area contributed by atoms with Crippen LogP contribution in [0.4, 0.5) is 0 Å². The van der Waals surface area contributed by atoms with Gasteiger partial charge < -0.3 is 14.4 Å². The molecule has 2 aliphatic heterocycles. The highest BCUT2D eigenvalue weighted by molar-refractivity contribution is 14.1. The van der Waals surface area contributed by atoms with Crippen LogP contribution in [0.15, 0.2) is 40.1 Å². The van der Waals surface area contributed by atoms with Crippen LogP contribution in [0.1, 0.15) is 18.2 Å². The second-order valence-corrected chi connectivity index (χ2v) is 8.96. The molecule has 0 saturated carbocycles. The summed E-state index contributed by atoms with van der Waals surface area (Å²) in [5, 5.41) is 9.62. The van der Waals surface area contributed by atoms with Crippen molar-refractivity contribution < 1.29 is 28.0 Å². The number of aromatic nitrogens is 2. The van der Waals surface area contributed by atoms with Gasteiger partial charge in [-0.05, 0) is 28.7 Å². The van der Waals surface area contributed by atoms with Gasteiger partial charge in [-0.15, -0.1) is 0 Å². The summed E-state index contributed by atoms with van der Waals surface area (Å²) in [7, 11) is -3.93. The van der Waals surface area contributed by atoms with Gasteiger partial charge in [0.05, 0.1) is 16.8 Å². The minimum Gasteiger partial charge on any atom is -0.404 e. The fourth-order valence-corrected chi connectivity index (χ4v) is 4.91. The molecule has 0 spiro atoms. The summed E-state index contributed by atoms with van der Waals surface area (Å²) in [5.41, 5.74) is -0.414. The number of phosphoric acid groups is 1. The van der Waals surface area contributed by atoms with Gasteiger partial charge in [0, 0.05) is 18.2 Å². The van der Waals surface area contributed by atoms with Crippen molar-refractivity contribution in [2.24, 2.45) is 0 Å². The molecule has 1 aromatic carbocycles. The van der Waals surface area contributed by atoms with E-state index >= 15 is 0 Å². The molecule has 10 nitrogen and oxygen atoms in total. The van der Waals surface area contributed by atoms with Crippen LogP contribution in [0.3, 0.4) is 0 Å².